The number of hydrogen-bond acceptors (Lipinski definition) is 13. The van der Waals surface area contributed by atoms with Crippen LogP contribution < -0.4 is 54.8 Å². The molecule has 56 heavy (non-hydrogen) atoms. The first kappa shape index (κ1) is 50.9. The second kappa shape index (κ2) is 25.9. The maximum Gasteiger partial charge on any atom is 0.326 e. The average molecular weight is 804 g/mol. The molecule has 0 aromatic rings. The Morgan fingerprint density at radius 3 is 1.48 bits per heavy atom. The van der Waals surface area contributed by atoms with Gasteiger partial charge in [-0.3, -0.25) is 38.6 Å². The molecule has 18 N–H and O–H groups in total. The van der Waals surface area contributed by atoms with Crippen LogP contribution in [0.1, 0.15) is 73.1 Å². The topological polar surface area (TPSA) is 406 Å². The fourth-order valence-corrected chi connectivity index (χ4v) is 5.04. The number of nitrogens with two attached hydrogens (primary N) is 4. The number of carboxylic acid groups (broad SMARTS) is 1. The second-order valence-corrected chi connectivity index (χ2v) is 14.1. The van der Waals surface area contributed by atoms with Crippen LogP contribution in [0, 0.1) is 11.8 Å². The number of carboxylic acids is 1. The summed E-state index contributed by atoms with van der Waals surface area (Å²) < 4.78 is 0. The molecule has 0 spiro atoms. The molecule has 0 aliphatic heterocycles. The highest BCUT2D eigenvalue weighted by Gasteiger charge is 2.35. The molecule has 0 saturated heterocycles. The standard InChI is InChI=1S/C33H61N11O12/c1-15(2)11-18(34)26(49)42-22(13-45)29(52)39-19(8-9-24(35)48)27(50)43-23(14-46)30(53)41-21(12-16(3)4)28(51)44-25(17(5)47)31(54)40-20(32(55)56)7-6-10-38-33(36)37/h15-23,25,45-47H,6-14,34H2,1-5H3,(H2,35,48)(H,39,52)(H,40,54)(H,41,53)(H,42,49)(H,43,50)(H,44,51)(H,55,56)(H4,36,37,38)/t17-,18+,19+,20+,21+,22+,23+,25+/m1/s1. The maximum atomic E-state index is 13.4. The third-order valence-corrected chi connectivity index (χ3v) is 7.97. The number of hydrogen-bond donors (Lipinski definition) is 14. The number of nitrogens with zero attached hydrogens (tertiary/aromatic N) is 1. The summed E-state index contributed by atoms with van der Waals surface area (Å²) in [5, 5.41) is 53.4. The Hall–Kier alpha value is -5.13. The Balaban J connectivity index is 5.99. The predicted octanol–water partition coefficient (Wildman–Crippen LogP) is -5.92. The van der Waals surface area contributed by atoms with Crippen LogP contribution in [0.15, 0.2) is 4.99 Å². The number of guanidine groups is 1. The van der Waals surface area contributed by atoms with Crippen LogP contribution in [-0.4, -0.2) is 142 Å². The minimum absolute atomic E-state index is 0.0388. The molecule has 0 aliphatic rings. The van der Waals surface area contributed by atoms with Crippen LogP contribution in [0.25, 0.3) is 0 Å². The van der Waals surface area contributed by atoms with E-state index in [1.54, 1.807) is 13.8 Å². The number of aliphatic hydroxyl groups is 3. The number of nitrogens with one attached hydrogen (secondary N) is 6. The molecule has 23 heteroatoms. The summed E-state index contributed by atoms with van der Waals surface area (Å²) in [6.07, 6.45) is -2.08. The van der Waals surface area contributed by atoms with Crippen molar-refractivity contribution in [3.8, 4) is 0 Å². The van der Waals surface area contributed by atoms with Crippen molar-refractivity contribution in [3.05, 3.63) is 0 Å². The van der Waals surface area contributed by atoms with E-state index < -0.39 is 122 Å². The lowest BCUT2D eigenvalue weighted by molar-refractivity contribution is -0.143. The number of aliphatic imine (C=N–C) groups is 1. The van der Waals surface area contributed by atoms with Gasteiger partial charge >= 0.3 is 5.97 Å². The molecule has 0 radical (unpaired) electrons. The second-order valence-electron chi connectivity index (χ2n) is 14.1. The van der Waals surface area contributed by atoms with Gasteiger partial charge in [-0.2, -0.15) is 0 Å². The van der Waals surface area contributed by atoms with Gasteiger partial charge < -0.3 is 75.3 Å². The zero-order valence-electron chi connectivity index (χ0n) is 32.4. The lowest BCUT2D eigenvalue weighted by atomic mass is 10.0. The minimum Gasteiger partial charge on any atom is -0.480 e. The highest BCUT2D eigenvalue weighted by Crippen LogP contribution is 2.09. The number of rotatable bonds is 27. The fourth-order valence-electron chi connectivity index (χ4n) is 5.04. The first-order valence-corrected chi connectivity index (χ1v) is 18.1. The molecular formula is C33H61N11O12. The van der Waals surface area contributed by atoms with Gasteiger partial charge in [0.2, 0.25) is 41.4 Å². The number of carbonyl (C=O) groups excluding carboxylic acids is 7. The molecule has 0 unspecified atom stereocenters. The molecular weight excluding hydrogens is 742 g/mol. The monoisotopic (exact) mass is 803 g/mol. The molecule has 320 valence electrons. The quantitative estimate of drug-likeness (QED) is 0.0209. The van der Waals surface area contributed by atoms with Crippen LogP contribution in [-0.2, 0) is 38.4 Å². The molecule has 0 heterocycles. The van der Waals surface area contributed by atoms with Crippen molar-refractivity contribution in [2.75, 3.05) is 19.8 Å². The van der Waals surface area contributed by atoms with Crippen molar-refractivity contribution in [3.63, 3.8) is 0 Å². The van der Waals surface area contributed by atoms with E-state index in [0.717, 1.165) is 0 Å². The number of aliphatic hydroxyl groups excluding tert-OH is 3. The molecule has 0 bridgehead atoms. The summed E-state index contributed by atoms with van der Waals surface area (Å²) in [4.78, 5) is 106. The van der Waals surface area contributed by atoms with E-state index in [2.05, 4.69) is 36.9 Å². The van der Waals surface area contributed by atoms with Crippen molar-refractivity contribution in [2.45, 2.75) is 122 Å². The highest BCUT2D eigenvalue weighted by molar-refractivity contribution is 5.97. The molecule has 23 nitrogen and oxygen atoms in total. The van der Waals surface area contributed by atoms with Gasteiger partial charge in [-0.05, 0) is 50.9 Å². The van der Waals surface area contributed by atoms with Gasteiger partial charge in [-0.15, -0.1) is 0 Å². The normalized spacial score (nSPS) is 15.4. The van der Waals surface area contributed by atoms with E-state index in [-0.39, 0.29) is 50.0 Å². The van der Waals surface area contributed by atoms with Gasteiger partial charge in [-0.25, -0.2) is 4.79 Å². The summed E-state index contributed by atoms with van der Waals surface area (Å²) in [5.74, 6) is -8.69. The van der Waals surface area contributed by atoms with Crippen LogP contribution in [0.5, 0.6) is 0 Å². The van der Waals surface area contributed by atoms with Crippen LogP contribution in [0.3, 0.4) is 0 Å². The van der Waals surface area contributed by atoms with Gasteiger partial charge in [0, 0.05) is 13.0 Å². The van der Waals surface area contributed by atoms with Gasteiger partial charge in [0.05, 0.1) is 25.4 Å². The van der Waals surface area contributed by atoms with E-state index in [4.69, 9.17) is 22.9 Å². The molecule has 0 rings (SSSR count). The zero-order valence-corrected chi connectivity index (χ0v) is 32.4. The Kier molecular flexibility index (Phi) is 23.5. The smallest absolute Gasteiger partial charge is 0.326 e. The number of amides is 7. The van der Waals surface area contributed by atoms with Crippen molar-refractivity contribution in [1.82, 2.24) is 31.9 Å². The molecule has 0 aromatic carbocycles. The third-order valence-electron chi connectivity index (χ3n) is 7.97. The predicted molar refractivity (Wildman–Crippen MR) is 200 cm³/mol. The van der Waals surface area contributed by atoms with Gasteiger partial charge in [0.15, 0.2) is 5.96 Å². The van der Waals surface area contributed by atoms with Crippen molar-refractivity contribution in [2.24, 2.45) is 39.8 Å². The number of aliphatic carboxylic acids is 1. The molecule has 8 atom stereocenters. The highest BCUT2D eigenvalue weighted by atomic mass is 16.4. The van der Waals surface area contributed by atoms with Crippen molar-refractivity contribution < 1.29 is 58.8 Å². The largest absolute Gasteiger partial charge is 0.480 e. The van der Waals surface area contributed by atoms with E-state index >= 15 is 0 Å². The van der Waals surface area contributed by atoms with Crippen LogP contribution >= 0.6 is 0 Å². The minimum atomic E-state index is -1.74. The van der Waals surface area contributed by atoms with E-state index in [1.807, 2.05) is 13.8 Å². The Bertz CT molecular complexity index is 1370. The SMILES string of the molecule is CC(C)C[C@H](NC(=O)[C@H](CO)NC(=O)[C@H](CCC(N)=O)NC(=O)[C@H](CO)NC(=O)[C@@H](N)CC(C)C)C(=O)N[C@H](C(=O)N[C@@H](CCCN=C(N)N)C(=O)O)[C@@H](C)O. The molecule has 0 aliphatic carbocycles. The first-order valence-electron chi connectivity index (χ1n) is 18.1. The molecule has 7 amide bonds. The Labute approximate surface area is 324 Å². The Morgan fingerprint density at radius 2 is 1.04 bits per heavy atom. The number of carbonyl (C=O) groups is 8. The lowest BCUT2D eigenvalue weighted by Crippen LogP contribution is -2.61. The van der Waals surface area contributed by atoms with Gasteiger partial charge in [-0.1, -0.05) is 27.7 Å². The zero-order chi connectivity index (χ0) is 43.3. The van der Waals surface area contributed by atoms with E-state index in [1.165, 1.54) is 6.92 Å². The summed E-state index contributed by atoms with van der Waals surface area (Å²) in [6, 6.07) is -10.4. The number of primary amides is 1. The summed E-state index contributed by atoms with van der Waals surface area (Å²) in [7, 11) is 0. The van der Waals surface area contributed by atoms with Crippen LogP contribution in [0.4, 0.5) is 0 Å². The molecule has 0 aromatic heterocycles. The van der Waals surface area contributed by atoms with Gasteiger partial charge in [0.1, 0.15) is 36.3 Å². The average Bonchev–Trinajstić information content (AvgIpc) is 3.09. The molecule has 0 saturated carbocycles. The summed E-state index contributed by atoms with van der Waals surface area (Å²) in [5.41, 5.74) is 21.6. The van der Waals surface area contributed by atoms with E-state index in [0.29, 0.717) is 0 Å². The fraction of sp³-hybridized carbons (Fsp3) is 0.727. The molecule has 0 fully saturated rings. The Morgan fingerprint density at radius 1 is 0.589 bits per heavy atom. The van der Waals surface area contributed by atoms with Gasteiger partial charge in [0.25, 0.3) is 0 Å². The van der Waals surface area contributed by atoms with Crippen molar-refractivity contribution in [1.29, 1.82) is 0 Å². The first-order chi connectivity index (χ1) is 26.0. The van der Waals surface area contributed by atoms with Crippen molar-refractivity contribution >= 4 is 53.3 Å². The third kappa shape index (κ3) is 20.0. The summed E-state index contributed by atoms with van der Waals surface area (Å²) >= 11 is 0. The van der Waals surface area contributed by atoms with Crippen LogP contribution in [0.2, 0.25) is 0 Å². The maximum absolute atomic E-state index is 13.4. The lowest BCUT2D eigenvalue weighted by Gasteiger charge is -2.28. The van der Waals surface area contributed by atoms with E-state index in [9.17, 15) is 58.8 Å². The summed E-state index contributed by atoms with van der Waals surface area (Å²) in [6.45, 7) is 6.36.